The number of hydrogen-bond donors (Lipinski definition) is 2. The molecule has 0 atom stereocenters. The molecule has 2 N–H and O–H groups in total. The standard InChI is InChI=1S/C17H20N6O/c1-2-18-17(19-11-15-9-6-10-24-15)20-12-16-22-21-13-23(16)14-7-4-3-5-8-14/h3-10,13H,2,11-12H2,1H3,(H2,18,19,20). The Kier molecular flexibility index (Phi) is 5.24. The van der Waals surface area contributed by atoms with Crippen LogP contribution in [0.5, 0.6) is 0 Å². The molecule has 0 aliphatic carbocycles. The van der Waals surface area contributed by atoms with Crippen molar-refractivity contribution in [3.05, 3.63) is 66.6 Å². The Morgan fingerprint density at radius 1 is 1.17 bits per heavy atom. The zero-order valence-electron chi connectivity index (χ0n) is 13.5. The Labute approximate surface area is 140 Å². The molecule has 24 heavy (non-hydrogen) atoms. The molecule has 1 aromatic carbocycles. The van der Waals surface area contributed by atoms with E-state index in [1.54, 1.807) is 12.6 Å². The van der Waals surface area contributed by atoms with Gasteiger partial charge in [-0.1, -0.05) is 18.2 Å². The van der Waals surface area contributed by atoms with Crippen molar-refractivity contribution in [2.75, 3.05) is 6.54 Å². The van der Waals surface area contributed by atoms with Crippen molar-refractivity contribution in [2.45, 2.75) is 20.0 Å². The topological polar surface area (TPSA) is 80.3 Å². The predicted octanol–water partition coefficient (Wildman–Crippen LogP) is 2.12. The van der Waals surface area contributed by atoms with Gasteiger partial charge in [0.15, 0.2) is 11.8 Å². The average Bonchev–Trinajstić information content (AvgIpc) is 3.29. The highest BCUT2D eigenvalue weighted by atomic mass is 16.3. The summed E-state index contributed by atoms with van der Waals surface area (Å²) in [6.45, 7) is 3.79. The lowest BCUT2D eigenvalue weighted by atomic mass is 10.3. The summed E-state index contributed by atoms with van der Waals surface area (Å²) >= 11 is 0. The zero-order valence-corrected chi connectivity index (χ0v) is 13.5. The molecule has 2 aromatic heterocycles. The molecule has 0 unspecified atom stereocenters. The number of benzene rings is 1. The number of nitrogens with one attached hydrogen (secondary N) is 2. The summed E-state index contributed by atoms with van der Waals surface area (Å²) in [6, 6.07) is 13.8. The Bertz CT molecular complexity index is 764. The maximum atomic E-state index is 5.32. The zero-order chi connectivity index (χ0) is 16.6. The van der Waals surface area contributed by atoms with Crippen LogP contribution in [-0.4, -0.2) is 27.3 Å². The van der Waals surface area contributed by atoms with Gasteiger partial charge in [-0.05, 0) is 31.2 Å². The number of furan rings is 1. The van der Waals surface area contributed by atoms with Crippen molar-refractivity contribution in [3.63, 3.8) is 0 Å². The predicted molar refractivity (Wildman–Crippen MR) is 91.7 cm³/mol. The lowest BCUT2D eigenvalue weighted by molar-refractivity contribution is 0.501. The summed E-state index contributed by atoms with van der Waals surface area (Å²) in [5.74, 6) is 2.33. The van der Waals surface area contributed by atoms with Crippen LogP contribution in [0.2, 0.25) is 0 Å². The van der Waals surface area contributed by atoms with Crippen LogP contribution in [0.15, 0.2) is 64.5 Å². The second-order valence-electron chi connectivity index (χ2n) is 5.08. The Morgan fingerprint density at radius 3 is 2.79 bits per heavy atom. The van der Waals surface area contributed by atoms with E-state index in [1.807, 2.05) is 54.0 Å². The molecule has 0 aliphatic heterocycles. The van der Waals surface area contributed by atoms with Gasteiger partial charge in [-0.3, -0.25) is 4.57 Å². The molecule has 3 aromatic rings. The smallest absolute Gasteiger partial charge is 0.192 e. The number of guanidine groups is 1. The Morgan fingerprint density at radius 2 is 2.04 bits per heavy atom. The third-order valence-electron chi connectivity index (χ3n) is 3.39. The van der Waals surface area contributed by atoms with Crippen LogP contribution >= 0.6 is 0 Å². The van der Waals surface area contributed by atoms with Gasteiger partial charge in [-0.25, -0.2) is 4.99 Å². The highest BCUT2D eigenvalue weighted by molar-refractivity contribution is 5.79. The van der Waals surface area contributed by atoms with Gasteiger partial charge >= 0.3 is 0 Å². The third-order valence-corrected chi connectivity index (χ3v) is 3.39. The first-order chi connectivity index (χ1) is 11.9. The number of hydrogen-bond acceptors (Lipinski definition) is 4. The second kappa shape index (κ2) is 7.96. The van der Waals surface area contributed by atoms with Gasteiger partial charge in [-0.15, -0.1) is 10.2 Å². The van der Waals surface area contributed by atoms with E-state index in [0.29, 0.717) is 19.0 Å². The molecule has 0 bridgehead atoms. The van der Waals surface area contributed by atoms with Gasteiger partial charge in [0.25, 0.3) is 0 Å². The van der Waals surface area contributed by atoms with E-state index < -0.39 is 0 Å². The fourth-order valence-corrected chi connectivity index (χ4v) is 2.25. The molecule has 124 valence electrons. The van der Waals surface area contributed by atoms with Crippen molar-refractivity contribution in [2.24, 2.45) is 4.99 Å². The molecule has 0 fully saturated rings. The molecule has 7 heteroatoms. The fraction of sp³-hybridized carbons (Fsp3) is 0.235. The summed E-state index contributed by atoms with van der Waals surface area (Å²) in [5.41, 5.74) is 1.02. The van der Waals surface area contributed by atoms with E-state index in [2.05, 4.69) is 25.8 Å². The van der Waals surface area contributed by atoms with Crippen molar-refractivity contribution in [1.29, 1.82) is 0 Å². The minimum atomic E-state index is 0.419. The van der Waals surface area contributed by atoms with Crippen LogP contribution in [0.4, 0.5) is 0 Å². The molecule has 0 spiro atoms. The Balaban J connectivity index is 1.69. The molecule has 3 rings (SSSR count). The summed E-state index contributed by atoms with van der Waals surface area (Å²) < 4.78 is 7.25. The summed E-state index contributed by atoms with van der Waals surface area (Å²) in [6.07, 6.45) is 3.35. The van der Waals surface area contributed by atoms with E-state index >= 15 is 0 Å². The van der Waals surface area contributed by atoms with Gasteiger partial charge in [-0.2, -0.15) is 0 Å². The highest BCUT2D eigenvalue weighted by Crippen LogP contribution is 2.09. The monoisotopic (exact) mass is 324 g/mol. The molecule has 0 saturated carbocycles. The molecular weight excluding hydrogens is 304 g/mol. The first-order valence-corrected chi connectivity index (χ1v) is 7.85. The summed E-state index contributed by atoms with van der Waals surface area (Å²) in [5, 5.41) is 14.6. The van der Waals surface area contributed by atoms with Gasteiger partial charge in [0.1, 0.15) is 18.6 Å². The maximum Gasteiger partial charge on any atom is 0.192 e. The maximum absolute atomic E-state index is 5.32. The van der Waals surface area contributed by atoms with Crippen molar-refractivity contribution >= 4 is 5.96 Å². The molecular formula is C17H20N6O. The van der Waals surface area contributed by atoms with Crippen LogP contribution in [-0.2, 0) is 13.1 Å². The van der Waals surface area contributed by atoms with E-state index in [9.17, 15) is 0 Å². The fourth-order valence-electron chi connectivity index (χ4n) is 2.25. The van der Waals surface area contributed by atoms with Crippen molar-refractivity contribution < 1.29 is 4.42 Å². The normalized spacial score (nSPS) is 11.5. The van der Waals surface area contributed by atoms with E-state index in [-0.39, 0.29) is 0 Å². The SMILES string of the molecule is CCNC(=NCc1nncn1-c1ccccc1)NCc1ccco1. The second-order valence-corrected chi connectivity index (χ2v) is 5.08. The summed E-state index contributed by atoms with van der Waals surface area (Å²) in [4.78, 5) is 4.57. The van der Waals surface area contributed by atoms with Crippen LogP contribution in [0, 0.1) is 0 Å². The van der Waals surface area contributed by atoms with Crippen LogP contribution in [0.3, 0.4) is 0 Å². The lowest BCUT2D eigenvalue weighted by Crippen LogP contribution is -2.36. The first kappa shape index (κ1) is 15.8. The molecule has 2 heterocycles. The molecule has 0 amide bonds. The number of aromatic nitrogens is 3. The highest BCUT2D eigenvalue weighted by Gasteiger charge is 2.06. The largest absolute Gasteiger partial charge is 0.467 e. The molecule has 7 nitrogen and oxygen atoms in total. The van der Waals surface area contributed by atoms with E-state index in [1.165, 1.54) is 0 Å². The molecule has 0 radical (unpaired) electrons. The Hall–Kier alpha value is -3.09. The van der Waals surface area contributed by atoms with E-state index in [4.69, 9.17) is 4.42 Å². The molecule has 0 saturated heterocycles. The van der Waals surface area contributed by atoms with Crippen molar-refractivity contribution in [1.82, 2.24) is 25.4 Å². The summed E-state index contributed by atoms with van der Waals surface area (Å²) in [7, 11) is 0. The molecule has 0 aliphatic rings. The number of rotatable bonds is 6. The number of nitrogens with zero attached hydrogens (tertiary/aromatic N) is 4. The number of aliphatic imine (C=N–C) groups is 1. The minimum absolute atomic E-state index is 0.419. The van der Waals surface area contributed by atoms with Crippen LogP contribution in [0.25, 0.3) is 5.69 Å². The van der Waals surface area contributed by atoms with Gasteiger partial charge in [0.05, 0.1) is 12.8 Å². The van der Waals surface area contributed by atoms with Crippen LogP contribution < -0.4 is 10.6 Å². The van der Waals surface area contributed by atoms with Gasteiger partial charge in [0.2, 0.25) is 0 Å². The van der Waals surface area contributed by atoms with E-state index in [0.717, 1.165) is 23.8 Å². The first-order valence-electron chi connectivity index (χ1n) is 7.85. The third kappa shape index (κ3) is 4.01. The van der Waals surface area contributed by atoms with Gasteiger partial charge in [0, 0.05) is 12.2 Å². The average molecular weight is 324 g/mol. The van der Waals surface area contributed by atoms with Crippen LogP contribution in [0.1, 0.15) is 18.5 Å². The van der Waals surface area contributed by atoms with Gasteiger partial charge < -0.3 is 15.1 Å². The minimum Gasteiger partial charge on any atom is -0.467 e. The van der Waals surface area contributed by atoms with Crippen molar-refractivity contribution in [3.8, 4) is 5.69 Å². The lowest BCUT2D eigenvalue weighted by Gasteiger charge is -2.10. The number of para-hydroxylation sites is 1. The quantitative estimate of drug-likeness (QED) is 0.536.